The number of hydrogen-bond donors (Lipinski definition) is 1. The zero-order chi connectivity index (χ0) is 24.3. The van der Waals surface area contributed by atoms with Crippen molar-refractivity contribution < 1.29 is 14.0 Å². The molecule has 0 bridgehead atoms. The lowest BCUT2D eigenvalue weighted by atomic mass is 10.0. The lowest BCUT2D eigenvalue weighted by Crippen LogP contribution is -2.50. The van der Waals surface area contributed by atoms with Crippen molar-refractivity contribution >= 4 is 23.4 Å². The lowest BCUT2D eigenvalue weighted by Gasteiger charge is -2.32. The fourth-order valence-corrected chi connectivity index (χ4v) is 4.05. The number of amides is 2. The number of rotatable bonds is 11. The maximum Gasteiger partial charge on any atom is 0.243 e. The molecule has 0 saturated carbocycles. The molecule has 1 unspecified atom stereocenters. The molecular formula is C28H30ClFN2O2. The van der Waals surface area contributed by atoms with Crippen LogP contribution in [0.3, 0.4) is 0 Å². The molecule has 3 aromatic carbocycles. The van der Waals surface area contributed by atoms with Gasteiger partial charge in [-0.15, -0.1) is 0 Å². The molecule has 0 aromatic heterocycles. The Labute approximate surface area is 205 Å². The zero-order valence-corrected chi connectivity index (χ0v) is 20.1. The summed E-state index contributed by atoms with van der Waals surface area (Å²) in [4.78, 5) is 28.3. The maximum absolute atomic E-state index is 14.6. The summed E-state index contributed by atoms with van der Waals surface area (Å²) in [6.45, 7) is 2.48. The van der Waals surface area contributed by atoms with Gasteiger partial charge in [-0.3, -0.25) is 9.59 Å². The van der Waals surface area contributed by atoms with E-state index in [1.165, 1.54) is 11.0 Å². The maximum atomic E-state index is 14.6. The Morgan fingerprint density at radius 3 is 2.26 bits per heavy atom. The van der Waals surface area contributed by atoms with Crippen molar-refractivity contribution in [3.8, 4) is 0 Å². The minimum atomic E-state index is -0.771. The molecule has 4 nitrogen and oxygen atoms in total. The van der Waals surface area contributed by atoms with Crippen LogP contribution < -0.4 is 5.32 Å². The molecule has 34 heavy (non-hydrogen) atoms. The van der Waals surface area contributed by atoms with Gasteiger partial charge >= 0.3 is 0 Å². The third kappa shape index (κ3) is 7.16. The largest absolute Gasteiger partial charge is 0.354 e. The molecule has 0 radical (unpaired) electrons. The highest BCUT2D eigenvalue weighted by Crippen LogP contribution is 2.20. The molecule has 0 spiro atoms. The van der Waals surface area contributed by atoms with Gasteiger partial charge in [0, 0.05) is 36.5 Å². The van der Waals surface area contributed by atoms with E-state index in [0.717, 1.165) is 17.5 Å². The van der Waals surface area contributed by atoms with Crippen LogP contribution >= 0.6 is 11.6 Å². The first kappa shape index (κ1) is 25.4. The SMILES string of the molecule is CCCNC(=O)C(Cc1ccccc1)N(Cc1ccccc1F)C(=O)CCc1ccccc1Cl. The van der Waals surface area contributed by atoms with Crippen molar-refractivity contribution in [1.82, 2.24) is 10.2 Å². The van der Waals surface area contributed by atoms with Crippen LogP contribution in [0.2, 0.25) is 5.02 Å². The van der Waals surface area contributed by atoms with E-state index < -0.39 is 11.9 Å². The standard InChI is InChI=1S/C28H30ClFN2O2/c1-2-18-31-28(34)26(19-21-10-4-3-5-11-21)32(20-23-13-7-9-15-25(23)30)27(33)17-16-22-12-6-8-14-24(22)29/h3-15,26H,2,16-20H2,1H3,(H,31,34). The molecular weight excluding hydrogens is 451 g/mol. The van der Waals surface area contributed by atoms with Crippen LogP contribution in [0.5, 0.6) is 0 Å². The number of nitrogens with zero attached hydrogens (tertiary/aromatic N) is 1. The predicted octanol–water partition coefficient (Wildman–Crippen LogP) is 5.58. The number of carbonyl (C=O) groups excluding carboxylic acids is 2. The van der Waals surface area contributed by atoms with Gasteiger partial charge < -0.3 is 10.2 Å². The molecule has 1 N–H and O–H groups in total. The molecule has 0 fully saturated rings. The summed E-state index contributed by atoms with van der Waals surface area (Å²) in [6, 6.07) is 22.5. The Balaban J connectivity index is 1.91. The monoisotopic (exact) mass is 480 g/mol. The summed E-state index contributed by atoms with van der Waals surface area (Å²) < 4.78 is 14.6. The van der Waals surface area contributed by atoms with E-state index >= 15 is 0 Å². The first-order valence-electron chi connectivity index (χ1n) is 11.6. The molecule has 3 rings (SSSR count). The van der Waals surface area contributed by atoms with E-state index in [-0.39, 0.29) is 24.8 Å². The van der Waals surface area contributed by atoms with Crippen molar-refractivity contribution in [3.05, 3.63) is 106 Å². The Hall–Kier alpha value is -3.18. The second kappa shape index (κ2) is 12.9. The quantitative estimate of drug-likeness (QED) is 0.389. The van der Waals surface area contributed by atoms with Gasteiger partial charge in [0.25, 0.3) is 0 Å². The third-order valence-electron chi connectivity index (χ3n) is 5.68. The second-order valence-electron chi connectivity index (χ2n) is 8.20. The average Bonchev–Trinajstić information content (AvgIpc) is 2.85. The number of benzene rings is 3. The Kier molecular flexibility index (Phi) is 9.65. The van der Waals surface area contributed by atoms with Gasteiger partial charge in [0.05, 0.1) is 0 Å². The molecule has 0 aliphatic rings. The second-order valence-corrected chi connectivity index (χ2v) is 8.61. The van der Waals surface area contributed by atoms with Crippen LogP contribution in [-0.2, 0) is 29.0 Å². The Morgan fingerprint density at radius 2 is 1.59 bits per heavy atom. The van der Waals surface area contributed by atoms with Gasteiger partial charge in [-0.05, 0) is 36.1 Å². The number of aryl methyl sites for hydroxylation is 1. The first-order valence-corrected chi connectivity index (χ1v) is 11.9. The van der Waals surface area contributed by atoms with E-state index in [0.29, 0.717) is 30.0 Å². The van der Waals surface area contributed by atoms with Gasteiger partial charge in [0.1, 0.15) is 11.9 Å². The predicted molar refractivity (Wildman–Crippen MR) is 134 cm³/mol. The molecule has 0 aliphatic heterocycles. The Morgan fingerprint density at radius 1 is 0.941 bits per heavy atom. The van der Waals surface area contributed by atoms with Crippen molar-refractivity contribution in [3.63, 3.8) is 0 Å². The molecule has 178 valence electrons. The van der Waals surface area contributed by atoms with E-state index in [1.807, 2.05) is 55.5 Å². The first-order chi connectivity index (χ1) is 16.5. The van der Waals surface area contributed by atoms with Crippen molar-refractivity contribution in [2.24, 2.45) is 0 Å². The summed E-state index contributed by atoms with van der Waals surface area (Å²) in [5.74, 6) is -0.872. The fourth-order valence-electron chi connectivity index (χ4n) is 3.82. The highest BCUT2D eigenvalue weighted by molar-refractivity contribution is 6.31. The van der Waals surface area contributed by atoms with Crippen molar-refractivity contribution in [1.29, 1.82) is 0 Å². The molecule has 0 heterocycles. The highest BCUT2D eigenvalue weighted by Gasteiger charge is 2.30. The van der Waals surface area contributed by atoms with Gasteiger partial charge in [-0.25, -0.2) is 4.39 Å². The summed E-state index contributed by atoms with van der Waals surface area (Å²) in [5.41, 5.74) is 2.16. The molecule has 2 amide bonds. The number of carbonyl (C=O) groups is 2. The summed E-state index contributed by atoms with van der Waals surface area (Å²) in [7, 11) is 0. The van der Waals surface area contributed by atoms with Crippen LogP contribution in [0.15, 0.2) is 78.9 Å². The number of hydrogen-bond acceptors (Lipinski definition) is 2. The lowest BCUT2D eigenvalue weighted by molar-refractivity contribution is -0.141. The minimum absolute atomic E-state index is 0.00503. The molecule has 1 atom stereocenters. The van der Waals surface area contributed by atoms with Crippen LogP contribution in [0, 0.1) is 5.82 Å². The van der Waals surface area contributed by atoms with Crippen LogP contribution in [0.1, 0.15) is 36.5 Å². The summed E-state index contributed by atoms with van der Waals surface area (Å²) >= 11 is 6.28. The molecule has 0 aliphatic carbocycles. The molecule has 3 aromatic rings. The zero-order valence-electron chi connectivity index (χ0n) is 19.3. The molecule has 6 heteroatoms. The van der Waals surface area contributed by atoms with Crippen LogP contribution in [-0.4, -0.2) is 29.3 Å². The van der Waals surface area contributed by atoms with E-state index in [9.17, 15) is 14.0 Å². The van der Waals surface area contributed by atoms with E-state index in [2.05, 4.69) is 5.32 Å². The van der Waals surface area contributed by atoms with Gasteiger partial charge in [0.2, 0.25) is 11.8 Å². The van der Waals surface area contributed by atoms with Gasteiger partial charge in [0.15, 0.2) is 0 Å². The summed E-state index contributed by atoms with van der Waals surface area (Å²) in [6.07, 6.45) is 1.70. The smallest absolute Gasteiger partial charge is 0.243 e. The fraction of sp³-hybridized carbons (Fsp3) is 0.286. The van der Waals surface area contributed by atoms with E-state index in [1.54, 1.807) is 24.3 Å². The number of halogens is 2. The Bertz CT molecular complexity index is 1090. The average molecular weight is 481 g/mol. The molecule has 0 saturated heterocycles. The minimum Gasteiger partial charge on any atom is -0.354 e. The van der Waals surface area contributed by atoms with Crippen molar-refractivity contribution in [2.75, 3.05) is 6.54 Å². The van der Waals surface area contributed by atoms with E-state index in [4.69, 9.17) is 11.6 Å². The van der Waals surface area contributed by atoms with Crippen LogP contribution in [0.25, 0.3) is 0 Å². The topological polar surface area (TPSA) is 49.4 Å². The van der Waals surface area contributed by atoms with Crippen molar-refractivity contribution in [2.45, 2.75) is 45.2 Å². The van der Waals surface area contributed by atoms with Crippen LogP contribution in [0.4, 0.5) is 4.39 Å². The highest BCUT2D eigenvalue weighted by atomic mass is 35.5. The normalized spacial score (nSPS) is 11.6. The van der Waals surface area contributed by atoms with Gasteiger partial charge in [-0.2, -0.15) is 0 Å². The summed E-state index contributed by atoms with van der Waals surface area (Å²) in [5, 5.41) is 3.52. The van der Waals surface area contributed by atoms with Gasteiger partial charge in [-0.1, -0.05) is 85.3 Å². The number of nitrogens with one attached hydrogen (secondary N) is 1. The third-order valence-corrected chi connectivity index (χ3v) is 6.05.